The molecule has 0 aliphatic carbocycles. The first kappa shape index (κ1) is 17.4. The van der Waals surface area contributed by atoms with Crippen molar-refractivity contribution in [3.05, 3.63) is 57.5 Å². The Balaban J connectivity index is 2.19. The van der Waals surface area contributed by atoms with Crippen LogP contribution in [0.25, 0.3) is 0 Å². The molecule has 1 aromatic heterocycles. The van der Waals surface area contributed by atoms with Crippen LogP contribution < -0.4 is 25.5 Å². The number of nitrogens with zero attached hydrogens (tertiary/aromatic N) is 2. The number of aromatic amines is 1. The Bertz CT molecular complexity index is 972. The molecule has 26 heavy (non-hydrogen) atoms. The summed E-state index contributed by atoms with van der Waals surface area (Å²) < 4.78 is 16.5. The number of H-pyrrole nitrogens is 1. The molecule has 1 aliphatic rings. The summed E-state index contributed by atoms with van der Waals surface area (Å²) in [6, 6.07) is 7.24. The molecule has 1 aromatic carbocycles. The second-order valence-corrected chi connectivity index (χ2v) is 5.95. The smallest absolute Gasteiger partial charge is 0.258 e. The van der Waals surface area contributed by atoms with Crippen LogP contribution in [0.1, 0.15) is 30.9 Å². The number of nitrogens with two attached hydrogens (primary N) is 1. The molecule has 0 saturated carbocycles. The van der Waals surface area contributed by atoms with Crippen LogP contribution in [0.4, 0.5) is 0 Å². The molecular weight excluding hydrogens is 336 g/mol. The molecule has 134 valence electrons. The number of fused-ring (bicyclic) bond motifs is 1. The van der Waals surface area contributed by atoms with Gasteiger partial charge < -0.3 is 24.9 Å². The summed E-state index contributed by atoms with van der Waals surface area (Å²) in [6.07, 6.45) is 1.19. The van der Waals surface area contributed by atoms with Crippen LogP contribution in [0, 0.1) is 11.3 Å². The van der Waals surface area contributed by atoms with Gasteiger partial charge in [-0.05, 0) is 31.5 Å². The second-order valence-electron chi connectivity index (χ2n) is 5.95. The van der Waals surface area contributed by atoms with E-state index in [0.29, 0.717) is 17.1 Å². The number of ether oxygens (including phenoxy) is 3. The number of hydrogen-bond donors (Lipinski definition) is 2. The quantitative estimate of drug-likeness (QED) is 0.858. The largest absolute Gasteiger partial charge is 0.493 e. The molecule has 3 N–H and O–H groups in total. The van der Waals surface area contributed by atoms with Gasteiger partial charge in [-0.3, -0.25) is 4.79 Å². The minimum atomic E-state index is -0.719. The number of nitriles is 1. The Labute approximate surface area is 149 Å². The molecule has 1 aliphatic heterocycles. The molecule has 0 bridgehead atoms. The molecule has 0 fully saturated rings. The standard InChI is InChI=1S/C18H18N4O4/c1-9(2)25-12-5-4-10(6-13(12)24-3)14-11(7-19)16(20)26-18-15(14)17(23)21-8-22-18/h4-6,8-9,14H,20H2,1-3H3,(H,21,22,23)/t14-/m1/s1. The van der Waals surface area contributed by atoms with Crippen LogP contribution in [-0.2, 0) is 0 Å². The summed E-state index contributed by atoms with van der Waals surface area (Å²) in [5, 5.41) is 9.55. The van der Waals surface area contributed by atoms with E-state index < -0.39 is 11.5 Å². The summed E-state index contributed by atoms with van der Waals surface area (Å²) in [5.41, 5.74) is 6.47. The van der Waals surface area contributed by atoms with E-state index in [1.807, 2.05) is 19.9 Å². The molecule has 0 radical (unpaired) electrons. The van der Waals surface area contributed by atoms with Gasteiger partial charge in [-0.1, -0.05) is 6.07 Å². The average Bonchev–Trinajstić information content (AvgIpc) is 2.60. The minimum absolute atomic E-state index is 0.0317. The first-order chi connectivity index (χ1) is 12.5. The normalized spacial score (nSPS) is 15.9. The van der Waals surface area contributed by atoms with Gasteiger partial charge in [0, 0.05) is 0 Å². The first-order valence-electron chi connectivity index (χ1n) is 7.96. The highest BCUT2D eigenvalue weighted by Crippen LogP contribution is 2.41. The van der Waals surface area contributed by atoms with Crippen molar-refractivity contribution in [1.82, 2.24) is 9.97 Å². The monoisotopic (exact) mass is 354 g/mol. The third-order valence-electron chi connectivity index (χ3n) is 3.91. The van der Waals surface area contributed by atoms with E-state index >= 15 is 0 Å². The second kappa shape index (κ2) is 6.80. The highest BCUT2D eigenvalue weighted by Gasteiger charge is 2.34. The van der Waals surface area contributed by atoms with Crippen molar-refractivity contribution in [2.45, 2.75) is 25.9 Å². The van der Waals surface area contributed by atoms with Crippen LogP contribution in [0.15, 0.2) is 40.8 Å². The molecular formula is C18H18N4O4. The van der Waals surface area contributed by atoms with Gasteiger partial charge in [0.25, 0.3) is 5.56 Å². The van der Waals surface area contributed by atoms with E-state index in [-0.39, 0.29) is 29.0 Å². The van der Waals surface area contributed by atoms with Crippen molar-refractivity contribution in [2.24, 2.45) is 5.73 Å². The van der Waals surface area contributed by atoms with E-state index in [2.05, 4.69) is 9.97 Å². The fraction of sp³-hybridized carbons (Fsp3) is 0.278. The fourth-order valence-electron chi connectivity index (χ4n) is 2.84. The van der Waals surface area contributed by atoms with Crippen molar-refractivity contribution in [3.63, 3.8) is 0 Å². The van der Waals surface area contributed by atoms with Crippen molar-refractivity contribution in [2.75, 3.05) is 7.11 Å². The molecule has 0 unspecified atom stereocenters. The fourth-order valence-corrected chi connectivity index (χ4v) is 2.84. The van der Waals surface area contributed by atoms with Crippen LogP contribution in [0.3, 0.4) is 0 Å². The zero-order valence-corrected chi connectivity index (χ0v) is 14.6. The average molecular weight is 354 g/mol. The summed E-state index contributed by atoms with van der Waals surface area (Å²) in [5.74, 6) is 0.332. The van der Waals surface area contributed by atoms with E-state index in [4.69, 9.17) is 19.9 Å². The maximum absolute atomic E-state index is 12.4. The van der Waals surface area contributed by atoms with Gasteiger partial charge in [0.1, 0.15) is 11.6 Å². The lowest BCUT2D eigenvalue weighted by Gasteiger charge is -2.25. The van der Waals surface area contributed by atoms with Crippen LogP contribution in [0.5, 0.6) is 17.4 Å². The Morgan fingerprint density at radius 1 is 1.38 bits per heavy atom. The molecule has 0 spiro atoms. The van der Waals surface area contributed by atoms with Gasteiger partial charge in [0.2, 0.25) is 11.8 Å². The van der Waals surface area contributed by atoms with Gasteiger partial charge in [-0.25, -0.2) is 4.98 Å². The number of hydrogen-bond acceptors (Lipinski definition) is 7. The van der Waals surface area contributed by atoms with Crippen LogP contribution in [-0.4, -0.2) is 23.2 Å². The van der Waals surface area contributed by atoms with Crippen molar-refractivity contribution in [1.29, 1.82) is 5.26 Å². The molecule has 0 saturated heterocycles. The van der Waals surface area contributed by atoms with Crippen molar-refractivity contribution < 1.29 is 14.2 Å². The summed E-state index contributed by atoms with van der Waals surface area (Å²) in [7, 11) is 1.52. The van der Waals surface area contributed by atoms with E-state index in [0.717, 1.165) is 0 Å². The van der Waals surface area contributed by atoms with Crippen molar-refractivity contribution >= 4 is 0 Å². The molecule has 3 rings (SSSR count). The van der Waals surface area contributed by atoms with Crippen LogP contribution in [0.2, 0.25) is 0 Å². The third-order valence-corrected chi connectivity index (χ3v) is 3.91. The molecule has 2 heterocycles. The molecule has 0 amide bonds. The maximum atomic E-state index is 12.4. The molecule has 8 heteroatoms. The molecule has 8 nitrogen and oxygen atoms in total. The van der Waals surface area contributed by atoms with Gasteiger partial charge in [0.15, 0.2) is 11.5 Å². The van der Waals surface area contributed by atoms with Gasteiger partial charge in [-0.2, -0.15) is 5.26 Å². The summed E-state index contributed by atoms with van der Waals surface area (Å²) >= 11 is 0. The highest BCUT2D eigenvalue weighted by molar-refractivity contribution is 5.55. The highest BCUT2D eigenvalue weighted by atomic mass is 16.5. The van der Waals surface area contributed by atoms with Crippen LogP contribution >= 0.6 is 0 Å². The van der Waals surface area contributed by atoms with E-state index in [1.54, 1.807) is 18.2 Å². The number of methoxy groups -OCH3 is 1. The van der Waals surface area contributed by atoms with E-state index in [9.17, 15) is 10.1 Å². The summed E-state index contributed by atoms with van der Waals surface area (Å²) in [4.78, 5) is 18.9. The topological polar surface area (TPSA) is 123 Å². The first-order valence-corrected chi connectivity index (χ1v) is 7.96. The maximum Gasteiger partial charge on any atom is 0.258 e. The predicted molar refractivity (Wildman–Crippen MR) is 92.9 cm³/mol. The minimum Gasteiger partial charge on any atom is -0.493 e. The third kappa shape index (κ3) is 2.95. The number of nitrogens with one attached hydrogen (secondary N) is 1. The lowest BCUT2D eigenvalue weighted by Crippen LogP contribution is -2.28. The van der Waals surface area contributed by atoms with Gasteiger partial charge in [-0.15, -0.1) is 0 Å². The number of allylic oxidation sites excluding steroid dienone is 1. The van der Waals surface area contributed by atoms with Gasteiger partial charge in [0.05, 0.1) is 31.0 Å². The Morgan fingerprint density at radius 3 is 2.81 bits per heavy atom. The number of rotatable bonds is 4. The Hall–Kier alpha value is -3.47. The lowest BCUT2D eigenvalue weighted by molar-refractivity contribution is 0.230. The lowest BCUT2D eigenvalue weighted by atomic mass is 9.85. The van der Waals surface area contributed by atoms with E-state index in [1.165, 1.54) is 13.4 Å². The van der Waals surface area contributed by atoms with Gasteiger partial charge >= 0.3 is 0 Å². The summed E-state index contributed by atoms with van der Waals surface area (Å²) in [6.45, 7) is 3.81. The zero-order valence-electron chi connectivity index (χ0n) is 14.6. The van der Waals surface area contributed by atoms with Crippen molar-refractivity contribution in [3.8, 4) is 23.4 Å². The zero-order chi connectivity index (χ0) is 18.8. The number of aromatic nitrogens is 2. The molecule has 1 atom stereocenters. The predicted octanol–water partition coefficient (Wildman–Crippen LogP) is 1.78. The Morgan fingerprint density at radius 2 is 2.15 bits per heavy atom. The SMILES string of the molecule is COc1cc([C@@H]2C(C#N)=C(N)Oc3nc[nH]c(=O)c32)ccc1OC(C)C. The number of benzene rings is 1. The Kier molecular flexibility index (Phi) is 4.54. The molecule has 2 aromatic rings.